The predicted molar refractivity (Wildman–Crippen MR) is 126 cm³/mol. The number of nitrogens with one attached hydrogen (secondary N) is 1. The number of sulfonamides is 1. The van der Waals surface area contributed by atoms with Crippen molar-refractivity contribution in [2.75, 3.05) is 16.2 Å². The van der Waals surface area contributed by atoms with Crippen LogP contribution in [0.5, 0.6) is 0 Å². The molecule has 0 bridgehead atoms. The number of carbonyl (C=O) groups is 1. The van der Waals surface area contributed by atoms with E-state index in [1.54, 1.807) is 30.3 Å². The number of hydrogen-bond donors (Lipinski definition) is 1. The lowest BCUT2D eigenvalue weighted by Gasteiger charge is -2.25. The number of nitrogens with zero attached hydrogens (tertiary/aromatic N) is 1. The lowest BCUT2D eigenvalue weighted by atomic mass is 10.0. The molecular formula is C25H28N2O3S. The van der Waals surface area contributed by atoms with Gasteiger partial charge in [-0.15, -0.1) is 0 Å². The third-order valence-electron chi connectivity index (χ3n) is 5.34. The van der Waals surface area contributed by atoms with Crippen LogP contribution in [0.3, 0.4) is 0 Å². The Morgan fingerprint density at radius 3 is 2.16 bits per heavy atom. The molecule has 3 aromatic carbocycles. The van der Waals surface area contributed by atoms with E-state index < -0.39 is 15.9 Å². The number of hydrogen-bond acceptors (Lipinski definition) is 3. The zero-order chi connectivity index (χ0) is 22.6. The molecule has 0 unspecified atom stereocenters. The van der Waals surface area contributed by atoms with Crippen molar-refractivity contribution >= 4 is 27.3 Å². The fraction of sp³-hybridized carbons (Fsp3) is 0.240. The Bertz CT molecular complexity index is 1160. The summed E-state index contributed by atoms with van der Waals surface area (Å²) in [6, 6.07) is 21.1. The summed E-state index contributed by atoms with van der Waals surface area (Å²) in [5.74, 6) is -0.0815. The minimum atomic E-state index is -3.92. The lowest BCUT2D eigenvalue weighted by Crippen LogP contribution is -2.38. The summed E-state index contributed by atoms with van der Waals surface area (Å²) < 4.78 is 28.0. The van der Waals surface area contributed by atoms with Crippen LogP contribution in [0.15, 0.2) is 77.7 Å². The number of aryl methyl sites for hydroxylation is 1. The van der Waals surface area contributed by atoms with Gasteiger partial charge in [-0.25, -0.2) is 8.42 Å². The summed E-state index contributed by atoms with van der Waals surface area (Å²) in [5.41, 5.74) is 4.23. The van der Waals surface area contributed by atoms with Crippen molar-refractivity contribution in [2.24, 2.45) is 0 Å². The second-order valence-electron chi connectivity index (χ2n) is 7.87. The van der Waals surface area contributed by atoms with Gasteiger partial charge < -0.3 is 5.32 Å². The highest BCUT2D eigenvalue weighted by molar-refractivity contribution is 7.92. The molecule has 0 aliphatic rings. The van der Waals surface area contributed by atoms with Gasteiger partial charge in [-0.05, 0) is 66.8 Å². The zero-order valence-electron chi connectivity index (χ0n) is 18.3. The first-order valence-corrected chi connectivity index (χ1v) is 11.7. The summed E-state index contributed by atoms with van der Waals surface area (Å²) in [5, 5.41) is 2.86. The normalized spacial score (nSPS) is 11.4. The van der Waals surface area contributed by atoms with Gasteiger partial charge in [0.15, 0.2) is 0 Å². The summed E-state index contributed by atoms with van der Waals surface area (Å²) in [6.45, 7) is 7.71. The quantitative estimate of drug-likeness (QED) is 0.549. The summed E-state index contributed by atoms with van der Waals surface area (Å²) in [7, 11) is -3.92. The van der Waals surface area contributed by atoms with Crippen molar-refractivity contribution in [3.05, 3.63) is 89.5 Å². The van der Waals surface area contributed by atoms with E-state index in [9.17, 15) is 13.2 Å². The molecule has 6 heteroatoms. The van der Waals surface area contributed by atoms with Crippen molar-refractivity contribution in [2.45, 2.75) is 38.5 Å². The molecule has 0 aromatic heterocycles. The van der Waals surface area contributed by atoms with Gasteiger partial charge in [0.2, 0.25) is 5.91 Å². The van der Waals surface area contributed by atoms with E-state index in [0.29, 0.717) is 17.3 Å². The highest BCUT2D eigenvalue weighted by Crippen LogP contribution is 2.26. The Kier molecular flexibility index (Phi) is 6.81. The maximum absolute atomic E-state index is 13.4. The molecule has 0 aliphatic heterocycles. The first-order valence-electron chi connectivity index (χ1n) is 10.2. The molecule has 31 heavy (non-hydrogen) atoms. The van der Waals surface area contributed by atoms with Crippen LogP contribution >= 0.6 is 0 Å². The Hall–Kier alpha value is -3.12. The fourth-order valence-corrected chi connectivity index (χ4v) is 4.71. The number of carbonyl (C=O) groups excluding carboxylic acids is 1. The van der Waals surface area contributed by atoms with Gasteiger partial charge in [0.25, 0.3) is 10.0 Å². The SMILES string of the molecule is Cc1cccc(NC(=O)CN(c2ccc(C(C)C)cc2)S(=O)(=O)c2ccccc2)c1C. The maximum Gasteiger partial charge on any atom is 0.264 e. The topological polar surface area (TPSA) is 66.5 Å². The average molecular weight is 437 g/mol. The number of amides is 1. The zero-order valence-corrected chi connectivity index (χ0v) is 19.1. The average Bonchev–Trinajstić information content (AvgIpc) is 2.76. The standard InChI is InChI=1S/C25H28N2O3S/c1-18(2)21-13-15-22(16-14-21)27(31(29,30)23-10-6-5-7-11-23)17-25(28)26-24-12-8-9-19(3)20(24)4/h5-16,18H,17H2,1-4H3,(H,26,28). The van der Waals surface area contributed by atoms with E-state index in [1.807, 2.05) is 44.2 Å². The van der Waals surface area contributed by atoms with Crippen LogP contribution < -0.4 is 9.62 Å². The van der Waals surface area contributed by atoms with Crippen molar-refractivity contribution in [3.63, 3.8) is 0 Å². The van der Waals surface area contributed by atoms with Crippen LogP contribution in [0.1, 0.15) is 36.5 Å². The molecule has 0 saturated heterocycles. The van der Waals surface area contributed by atoms with E-state index in [-0.39, 0.29) is 11.4 Å². The Morgan fingerprint density at radius 2 is 1.55 bits per heavy atom. The van der Waals surface area contributed by atoms with Crippen LogP contribution in [-0.2, 0) is 14.8 Å². The van der Waals surface area contributed by atoms with Gasteiger partial charge in [-0.2, -0.15) is 0 Å². The van der Waals surface area contributed by atoms with Crippen molar-refractivity contribution in [1.29, 1.82) is 0 Å². The molecule has 0 atom stereocenters. The summed E-state index contributed by atoms with van der Waals surface area (Å²) in [4.78, 5) is 13.0. The van der Waals surface area contributed by atoms with Gasteiger partial charge >= 0.3 is 0 Å². The predicted octanol–water partition coefficient (Wildman–Crippen LogP) is 5.26. The highest BCUT2D eigenvalue weighted by atomic mass is 32.2. The summed E-state index contributed by atoms with van der Waals surface area (Å²) >= 11 is 0. The second kappa shape index (κ2) is 9.35. The molecular weight excluding hydrogens is 408 g/mol. The van der Waals surface area contributed by atoms with Crippen molar-refractivity contribution < 1.29 is 13.2 Å². The molecule has 0 heterocycles. The van der Waals surface area contributed by atoms with Gasteiger partial charge in [-0.1, -0.05) is 56.3 Å². The fourth-order valence-electron chi connectivity index (χ4n) is 3.27. The molecule has 0 aliphatic carbocycles. The van der Waals surface area contributed by atoms with Gasteiger partial charge in [0.05, 0.1) is 10.6 Å². The molecule has 0 radical (unpaired) electrons. The first-order chi connectivity index (χ1) is 14.7. The first kappa shape index (κ1) is 22.6. The van der Waals surface area contributed by atoms with E-state index in [2.05, 4.69) is 19.2 Å². The van der Waals surface area contributed by atoms with Gasteiger partial charge in [-0.3, -0.25) is 9.10 Å². The maximum atomic E-state index is 13.4. The minimum Gasteiger partial charge on any atom is -0.324 e. The van der Waals surface area contributed by atoms with Crippen molar-refractivity contribution in [3.8, 4) is 0 Å². The van der Waals surface area contributed by atoms with Gasteiger partial charge in [0, 0.05) is 5.69 Å². The number of benzene rings is 3. The largest absolute Gasteiger partial charge is 0.324 e. The van der Waals surface area contributed by atoms with E-state index in [4.69, 9.17) is 0 Å². The second-order valence-corrected chi connectivity index (χ2v) is 9.73. The summed E-state index contributed by atoms with van der Waals surface area (Å²) in [6.07, 6.45) is 0. The molecule has 0 fully saturated rings. The molecule has 0 saturated carbocycles. The van der Waals surface area contributed by atoms with Gasteiger partial charge in [0.1, 0.15) is 6.54 Å². The van der Waals surface area contributed by atoms with Crippen LogP contribution in [0.4, 0.5) is 11.4 Å². The monoisotopic (exact) mass is 436 g/mol. The minimum absolute atomic E-state index is 0.141. The van der Waals surface area contributed by atoms with E-state index >= 15 is 0 Å². The van der Waals surface area contributed by atoms with E-state index in [1.165, 1.54) is 12.1 Å². The smallest absolute Gasteiger partial charge is 0.264 e. The van der Waals surface area contributed by atoms with Crippen molar-refractivity contribution in [1.82, 2.24) is 0 Å². The Morgan fingerprint density at radius 1 is 0.903 bits per heavy atom. The van der Waals surface area contributed by atoms with Crippen LogP contribution in [-0.4, -0.2) is 20.9 Å². The highest BCUT2D eigenvalue weighted by Gasteiger charge is 2.27. The third-order valence-corrected chi connectivity index (χ3v) is 7.13. The molecule has 3 aromatic rings. The molecule has 1 amide bonds. The number of rotatable bonds is 7. The van der Waals surface area contributed by atoms with E-state index in [0.717, 1.165) is 21.0 Å². The molecule has 5 nitrogen and oxygen atoms in total. The lowest BCUT2D eigenvalue weighted by molar-refractivity contribution is -0.114. The van der Waals surface area contributed by atoms with Crippen LogP contribution in [0, 0.1) is 13.8 Å². The third kappa shape index (κ3) is 5.14. The number of anilines is 2. The molecule has 3 rings (SSSR count). The van der Waals surface area contributed by atoms with Crippen LogP contribution in [0.25, 0.3) is 0 Å². The Labute approximate surface area is 184 Å². The molecule has 0 spiro atoms. The Balaban J connectivity index is 1.95. The molecule has 162 valence electrons. The molecule has 1 N–H and O–H groups in total. The van der Waals surface area contributed by atoms with Crippen LogP contribution in [0.2, 0.25) is 0 Å².